The predicted molar refractivity (Wildman–Crippen MR) is 89.0 cm³/mol. The average molecular weight is 475 g/mol. The lowest BCUT2D eigenvalue weighted by Gasteiger charge is -2.36. The largest absolute Gasteiger partial charge is 0.506 e. The van der Waals surface area contributed by atoms with E-state index in [0.29, 0.717) is 15.4 Å². The molecule has 1 atom stereocenters. The highest BCUT2D eigenvalue weighted by atomic mass is 79.9. The van der Waals surface area contributed by atoms with Crippen molar-refractivity contribution in [3.63, 3.8) is 0 Å². The lowest BCUT2D eigenvalue weighted by atomic mass is 10.0. The van der Waals surface area contributed by atoms with E-state index in [1.807, 2.05) is 6.07 Å². The molecule has 0 amide bonds. The number of aromatic hydroxyl groups is 1. The molecule has 1 aliphatic rings. The molecule has 3 nitrogen and oxygen atoms in total. The summed E-state index contributed by atoms with van der Waals surface area (Å²) < 4.78 is 15.1. The van der Waals surface area contributed by atoms with E-state index in [1.54, 1.807) is 0 Å². The van der Waals surface area contributed by atoms with Gasteiger partial charge in [0.2, 0.25) is 0 Å². The van der Waals surface area contributed by atoms with Crippen LogP contribution in [0.4, 0.5) is 4.39 Å². The first-order valence-corrected chi connectivity index (χ1v) is 8.81. The van der Waals surface area contributed by atoms with Gasteiger partial charge >= 0.3 is 0 Å². The summed E-state index contributed by atoms with van der Waals surface area (Å²) >= 11 is 10.3. The van der Waals surface area contributed by atoms with Crippen LogP contribution in [0.25, 0.3) is 0 Å². The highest BCUT2D eigenvalue weighted by Gasteiger charge is 2.27. The Balaban J connectivity index is 2.40. The van der Waals surface area contributed by atoms with E-state index in [9.17, 15) is 9.50 Å². The summed E-state index contributed by atoms with van der Waals surface area (Å²) in [6.07, 6.45) is 0.415. The van der Waals surface area contributed by atoms with Gasteiger partial charge in [0.15, 0.2) is 0 Å². The van der Waals surface area contributed by atoms with Crippen LogP contribution in [-0.4, -0.2) is 42.9 Å². The van der Waals surface area contributed by atoms with Gasteiger partial charge in [0.05, 0.1) is 15.6 Å². The second kappa shape index (κ2) is 7.54. The molecule has 0 spiro atoms. The van der Waals surface area contributed by atoms with Crippen molar-refractivity contribution in [1.29, 1.82) is 0 Å². The Labute approximate surface area is 143 Å². The van der Waals surface area contributed by atoms with Gasteiger partial charge in [-0.05, 0) is 44.3 Å². The molecule has 2 N–H and O–H groups in total. The second-order valence-corrected chi connectivity index (χ2v) is 7.20. The minimum absolute atomic E-state index is 0.0511. The third kappa shape index (κ3) is 3.55. The molecule has 0 saturated carbocycles. The summed E-state index contributed by atoms with van der Waals surface area (Å²) in [5, 5.41) is 13.4. The van der Waals surface area contributed by atoms with Crippen LogP contribution in [0.15, 0.2) is 19.5 Å². The minimum atomic E-state index is -0.385. The first-order valence-electron chi connectivity index (χ1n) is 6.43. The minimum Gasteiger partial charge on any atom is -0.506 e. The SMILES string of the molecule is Oc1c(Br)cc(Br)c([C@@H](CCF)N2CCNCC2)c1Br. The van der Waals surface area contributed by atoms with Crippen LogP contribution < -0.4 is 5.32 Å². The Morgan fingerprint density at radius 1 is 1.25 bits per heavy atom. The summed E-state index contributed by atoms with van der Waals surface area (Å²) in [5.74, 6) is 0.155. The average Bonchev–Trinajstić information content (AvgIpc) is 2.45. The van der Waals surface area contributed by atoms with Gasteiger partial charge in [0.1, 0.15) is 5.75 Å². The molecule has 0 bridgehead atoms. The maximum Gasteiger partial charge on any atom is 0.144 e. The fourth-order valence-corrected chi connectivity index (χ4v) is 5.16. The number of phenols is 1. The fraction of sp³-hybridized carbons (Fsp3) is 0.538. The van der Waals surface area contributed by atoms with Crippen LogP contribution in [-0.2, 0) is 0 Å². The molecule has 1 fully saturated rings. The Hall–Kier alpha value is 0.310. The Kier molecular flexibility index (Phi) is 6.28. The molecule has 20 heavy (non-hydrogen) atoms. The monoisotopic (exact) mass is 472 g/mol. The van der Waals surface area contributed by atoms with E-state index in [1.165, 1.54) is 0 Å². The highest BCUT2D eigenvalue weighted by Crippen LogP contribution is 2.44. The maximum atomic E-state index is 13.0. The molecule has 1 heterocycles. The van der Waals surface area contributed by atoms with Crippen molar-refractivity contribution in [1.82, 2.24) is 10.2 Å². The van der Waals surface area contributed by atoms with Crippen LogP contribution in [0.2, 0.25) is 0 Å². The van der Waals surface area contributed by atoms with E-state index >= 15 is 0 Å². The number of nitrogens with one attached hydrogen (secondary N) is 1. The summed E-state index contributed by atoms with van der Waals surface area (Å²) in [7, 11) is 0. The highest BCUT2D eigenvalue weighted by molar-refractivity contribution is 9.11. The Morgan fingerprint density at radius 3 is 2.50 bits per heavy atom. The standard InChI is InChI=1S/C13H16Br3FN2O/c14-8-7-9(15)13(20)12(16)11(8)10(1-2-17)19-5-3-18-4-6-19/h7,10,18,20H,1-6H2/t10-/m1/s1. The van der Waals surface area contributed by atoms with Crippen molar-refractivity contribution in [3.8, 4) is 5.75 Å². The van der Waals surface area contributed by atoms with Crippen molar-refractivity contribution < 1.29 is 9.50 Å². The number of hydrogen-bond acceptors (Lipinski definition) is 3. The molecular weight excluding hydrogens is 459 g/mol. The van der Waals surface area contributed by atoms with Gasteiger partial charge in [0, 0.05) is 42.3 Å². The zero-order valence-corrected chi connectivity index (χ0v) is 15.6. The normalized spacial score (nSPS) is 18.2. The molecule has 0 unspecified atom stereocenters. The molecule has 0 radical (unpaired) electrons. The zero-order chi connectivity index (χ0) is 14.7. The third-order valence-corrected chi connectivity index (χ3v) is 5.55. The van der Waals surface area contributed by atoms with Gasteiger partial charge in [0.25, 0.3) is 0 Å². The number of alkyl halides is 1. The van der Waals surface area contributed by atoms with Crippen LogP contribution in [0, 0.1) is 0 Å². The number of hydrogen-bond donors (Lipinski definition) is 2. The number of benzene rings is 1. The summed E-state index contributed by atoms with van der Waals surface area (Å²) in [4.78, 5) is 2.26. The summed E-state index contributed by atoms with van der Waals surface area (Å²) in [6, 6.07) is 1.76. The van der Waals surface area contributed by atoms with E-state index in [0.717, 1.165) is 36.2 Å². The van der Waals surface area contributed by atoms with Crippen molar-refractivity contribution in [3.05, 3.63) is 25.0 Å². The molecule has 7 heteroatoms. The van der Waals surface area contributed by atoms with E-state index in [-0.39, 0.29) is 18.5 Å². The topological polar surface area (TPSA) is 35.5 Å². The van der Waals surface area contributed by atoms with Crippen LogP contribution in [0.3, 0.4) is 0 Å². The van der Waals surface area contributed by atoms with Gasteiger partial charge in [-0.1, -0.05) is 15.9 Å². The molecule has 1 aromatic rings. The van der Waals surface area contributed by atoms with E-state index in [4.69, 9.17) is 0 Å². The molecule has 2 rings (SSSR count). The molecule has 112 valence electrons. The number of rotatable bonds is 4. The maximum absolute atomic E-state index is 13.0. The van der Waals surface area contributed by atoms with Gasteiger partial charge in [-0.2, -0.15) is 0 Å². The zero-order valence-electron chi connectivity index (χ0n) is 10.8. The summed E-state index contributed by atoms with van der Waals surface area (Å²) in [6.45, 7) is 3.17. The number of piperazine rings is 1. The van der Waals surface area contributed by atoms with Gasteiger partial charge in [-0.15, -0.1) is 0 Å². The predicted octanol–water partition coefficient (Wildman–Crippen LogP) is 3.99. The first kappa shape index (κ1) is 16.7. The number of halogens is 4. The fourth-order valence-electron chi connectivity index (χ4n) is 2.51. The Morgan fingerprint density at radius 2 is 1.90 bits per heavy atom. The first-order chi connectivity index (χ1) is 9.56. The summed E-state index contributed by atoms with van der Waals surface area (Å²) in [5.41, 5.74) is 0.908. The van der Waals surface area contributed by atoms with Gasteiger partial charge < -0.3 is 10.4 Å². The van der Waals surface area contributed by atoms with Crippen LogP contribution >= 0.6 is 47.8 Å². The lowest BCUT2D eigenvalue weighted by Crippen LogP contribution is -2.45. The van der Waals surface area contributed by atoms with Crippen molar-refractivity contribution in [2.24, 2.45) is 0 Å². The second-order valence-electron chi connectivity index (χ2n) is 4.70. The third-order valence-electron chi connectivity index (χ3n) is 3.49. The van der Waals surface area contributed by atoms with Gasteiger partial charge in [-0.3, -0.25) is 9.29 Å². The quantitative estimate of drug-likeness (QED) is 0.692. The molecule has 1 aromatic carbocycles. The van der Waals surface area contributed by atoms with E-state index < -0.39 is 0 Å². The van der Waals surface area contributed by atoms with Crippen molar-refractivity contribution in [2.45, 2.75) is 12.5 Å². The molecule has 0 aliphatic carbocycles. The number of phenolic OH excluding ortho intramolecular Hbond substituents is 1. The van der Waals surface area contributed by atoms with Crippen molar-refractivity contribution >= 4 is 47.8 Å². The van der Waals surface area contributed by atoms with E-state index in [2.05, 4.69) is 58.0 Å². The Bertz CT molecular complexity index is 481. The van der Waals surface area contributed by atoms with Crippen LogP contribution in [0.1, 0.15) is 18.0 Å². The smallest absolute Gasteiger partial charge is 0.144 e. The van der Waals surface area contributed by atoms with Gasteiger partial charge in [-0.25, -0.2) is 0 Å². The molecular formula is C13H16Br3FN2O. The molecule has 1 saturated heterocycles. The number of nitrogens with zero attached hydrogens (tertiary/aromatic N) is 1. The molecule has 1 aliphatic heterocycles. The van der Waals surface area contributed by atoms with Crippen LogP contribution in [0.5, 0.6) is 5.75 Å². The lowest BCUT2D eigenvalue weighted by molar-refractivity contribution is 0.156. The van der Waals surface area contributed by atoms with Crippen molar-refractivity contribution in [2.75, 3.05) is 32.9 Å². The molecule has 0 aromatic heterocycles.